The molecule has 0 spiro atoms. The molecule has 1 fully saturated rings. The lowest BCUT2D eigenvalue weighted by Gasteiger charge is -2.14. The van der Waals surface area contributed by atoms with Crippen LogP contribution in [0.4, 0.5) is 0 Å². The van der Waals surface area contributed by atoms with Crippen molar-refractivity contribution in [2.45, 2.75) is 19.4 Å². The van der Waals surface area contributed by atoms with E-state index >= 15 is 0 Å². The van der Waals surface area contributed by atoms with Crippen LogP contribution in [0, 0.1) is 5.92 Å². The van der Waals surface area contributed by atoms with Gasteiger partial charge in [-0.05, 0) is 32.9 Å². The molecule has 3 nitrogen and oxygen atoms in total. The second-order valence-electron chi connectivity index (χ2n) is 3.40. The lowest BCUT2D eigenvalue weighted by molar-refractivity contribution is -0.120. The first kappa shape index (κ1) is 8.68. The van der Waals surface area contributed by atoms with Crippen LogP contribution in [0.1, 0.15) is 13.3 Å². The second kappa shape index (κ2) is 3.32. The molecule has 1 heterocycles. The number of nitrogens with zero attached hydrogens (tertiary/aromatic N) is 1. The summed E-state index contributed by atoms with van der Waals surface area (Å²) < 4.78 is 0. The molecular weight excluding hydrogens is 140 g/mol. The highest BCUT2D eigenvalue weighted by atomic mass is 16.1. The van der Waals surface area contributed by atoms with Crippen LogP contribution in [0.3, 0.4) is 0 Å². The van der Waals surface area contributed by atoms with Gasteiger partial charge >= 0.3 is 0 Å². The summed E-state index contributed by atoms with van der Waals surface area (Å²) in [7, 11) is 1.99. The zero-order valence-corrected chi connectivity index (χ0v) is 7.21. The smallest absolute Gasteiger partial charge is 0.146 e. The van der Waals surface area contributed by atoms with Crippen LogP contribution in [-0.2, 0) is 4.79 Å². The summed E-state index contributed by atoms with van der Waals surface area (Å²) in [6.07, 6.45) is 0.947. The van der Waals surface area contributed by atoms with E-state index in [1.54, 1.807) is 6.92 Å². The molecule has 2 atom stereocenters. The maximum Gasteiger partial charge on any atom is 0.146 e. The Morgan fingerprint density at radius 2 is 2.36 bits per heavy atom. The molecule has 0 aromatic carbocycles. The van der Waals surface area contributed by atoms with Gasteiger partial charge in [0.15, 0.2) is 0 Å². The Balaban J connectivity index is 2.51. The normalized spacial score (nSPS) is 32.6. The summed E-state index contributed by atoms with van der Waals surface area (Å²) >= 11 is 0. The molecule has 1 rings (SSSR count). The highest BCUT2D eigenvalue weighted by Gasteiger charge is 2.31. The molecule has 1 aliphatic heterocycles. The average Bonchev–Trinajstić information content (AvgIpc) is 2.30. The van der Waals surface area contributed by atoms with Crippen LogP contribution in [0.5, 0.6) is 0 Å². The van der Waals surface area contributed by atoms with E-state index in [0.29, 0.717) is 12.5 Å². The van der Waals surface area contributed by atoms with Crippen LogP contribution in [0.2, 0.25) is 0 Å². The number of carbonyl (C=O) groups is 1. The number of hydrogen-bond donors (Lipinski definition) is 1. The van der Waals surface area contributed by atoms with Crippen molar-refractivity contribution < 1.29 is 4.79 Å². The van der Waals surface area contributed by atoms with Gasteiger partial charge in [-0.25, -0.2) is 0 Å². The van der Waals surface area contributed by atoms with Crippen molar-refractivity contribution >= 4 is 5.78 Å². The molecule has 0 aliphatic carbocycles. The fourth-order valence-corrected chi connectivity index (χ4v) is 1.75. The van der Waals surface area contributed by atoms with Crippen molar-refractivity contribution in [3.63, 3.8) is 0 Å². The number of rotatable bonds is 2. The van der Waals surface area contributed by atoms with Crippen molar-refractivity contribution in [2.75, 3.05) is 20.1 Å². The molecule has 0 aromatic rings. The van der Waals surface area contributed by atoms with E-state index in [-0.39, 0.29) is 11.8 Å². The number of ketones is 1. The Labute approximate surface area is 67.5 Å². The molecule has 1 saturated heterocycles. The summed E-state index contributed by atoms with van der Waals surface area (Å²) in [5.74, 6) is 0.789. The summed E-state index contributed by atoms with van der Waals surface area (Å²) in [6, 6.07) is 0.128. The van der Waals surface area contributed by atoms with E-state index in [9.17, 15) is 4.79 Å². The lowest BCUT2D eigenvalue weighted by atomic mass is 10.0. The summed E-state index contributed by atoms with van der Waals surface area (Å²) in [4.78, 5) is 13.1. The van der Waals surface area contributed by atoms with E-state index in [4.69, 9.17) is 5.73 Å². The Morgan fingerprint density at radius 1 is 1.73 bits per heavy atom. The van der Waals surface area contributed by atoms with Gasteiger partial charge in [-0.15, -0.1) is 0 Å². The zero-order valence-electron chi connectivity index (χ0n) is 7.21. The van der Waals surface area contributed by atoms with Gasteiger partial charge in [0.1, 0.15) is 5.78 Å². The van der Waals surface area contributed by atoms with Crippen LogP contribution >= 0.6 is 0 Å². The number of likely N-dealkylation sites (N-methyl/N-ethyl adjacent to an activating group) is 1. The summed E-state index contributed by atoms with van der Waals surface area (Å²) in [6.45, 7) is 3.33. The highest BCUT2D eigenvalue weighted by Crippen LogP contribution is 2.20. The van der Waals surface area contributed by atoms with Gasteiger partial charge in [-0.2, -0.15) is 0 Å². The number of Topliss-reactive ketones (excluding diaryl/α,β-unsaturated/α-hetero) is 1. The van der Waals surface area contributed by atoms with E-state index in [1.165, 1.54) is 0 Å². The Hall–Kier alpha value is -0.410. The minimum absolute atomic E-state index is 0.128. The van der Waals surface area contributed by atoms with E-state index in [1.807, 2.05) is 7.05 Å². The summed E-state index contributed by atoms with van der Waals surface area (Å²) in [5, 5.41) is 0. The van der Waals surface area contributed by atoms with Crippen LogP contribution in [0.15, 0.2) is 0 Å². The Morgan fingerprint density at radius 3 is 2.64 bits per heavy atom. The molecule has 0 radical (unpaired) electrons. The second-order valence-corrected chi connectivity index (χ2v) is 3.40. The van der Waals surface area contributed by atoms with Crippen LogP contribution in [0.25, 0.3) is 0 Å². The van der Waals surface area contributed by atoms with Crippen molar-refractivity contribution in [3.8, 4) is 0 Å². The van der Waals surface area contributed by atoms with Gasteiger partial charge in [-0.3, -0.25) is 9.69 Å². The Bertz CT molecular complexity index is 158. The minimum Gasteiger partial charge on any atom is -0.330 e. The number of likely N-dealkylation sites (tertiary alicyclic amines) is 1. The predicted octanol–water partition coefficient (Wildman–Crippen LogP) is -0.146. The minimum atomic E-state index is 0.128. The molecule has 0 aromatic heterocycles. The van der Waals surface area contributed by atoms with Crippen LogP contribution < -0.4 is 5.73 Å². The molecule has 64 valence electrons. The molecule has 2 N–H and O–H groups in total. The molecule has 0 saturated carbocycles. The average molecular weight is 156 g/mol. The van der Waals surface area contributed by atoms with Gasteiger partial charge in [0.2, 0.25) is 0 Å². The number of hydrogen-bond acceptors (Lipinski definition) is 3. The van der Waals surface area contributed by atoms with Gasteiger partial charge < -0.3 is 5.73 Å². The maximum atomic E-state index is 11.0. The van der Waals surface area contributed by atoms with Crippen molar-refractivity contribution in [2.24, 2.45) is 11.7 Å². The van der Waals surface area contributed by atoms with Crippen molar-refractivity contribution in [3.05, 3.63) is 0 Å². The van der Waals surface area contributed by atoms with Crippen LogP contribution in [-0.4, -0.2) is 36.9 Å². The first-order valence-electron chi connectivity index (χ1n) is 4.06. The maximum absolute atomic E-state index is 11.0. The third-order valence-corrected chi connectivity index (χ3v) is 2.44. The van der Waals surface area contributed by atoms with Gasteiger partial charge in [0, 0.05) is 6.54 Å². The van der Waals surface area contributed by atoms with Gasteiger partial charge in [-0.1, -0.05) is 0 Å². The lowest BCUT2D eigenvalue weighted by Crippen LogP contribution is -2.30. The largest absolute Gasteiger partial charge is 0.330 e. The quantitative estimate of drug-likeness (QED) is 0.605. The Kier molecular flexibility index (Phi) is 2.62. The van der Waals surface area contributed by atoms with E-state index in [2.05, 4.69) is 4.90 Å². The van der Waals surface area contributed by atoms with E-state index < -0.39 is 0 Å². The topological polar surface area (TPSA) is 46.3 Å². The molecule has 3 heteroatoms. The first-order valence-corrected chi connectivity index (χ1v) is 4.06. The van der Waals surface area contributed by atoms with Crippen molar-refractivity contribution in [1.29, 1.82) is 0 Å². The monoisotopic (exact) mass is 156 g/mol. The van der Waals surface area contributed by atoms with E-state index in [0.717, 1.165) is 13.0 Å². The molecule has 0 bridgehead atoms. The standard InChI is InChI=1S/C8H16N2O/c1-6(11)8-3-7(4-9)5-10(8)2/h7-8H,3-5,9H2,1-2H3/t7-,8-/m0/s1. The number of nitrogens with two attached hydrogens (primary N) is 1. The van der Waals surface area contributed by atoms with Crippen molar-refractivity contribution in [1.82, 2.24) is 4.90 Å². The van der Waals surface area contributed by atoms with Gasteiger partial charge in [0.05, 0.1) is 6.04 Å². The highest BCUT2D eigenvalue weighted by molar-refractivity contribution is 5.81. The third-order valence-electron chi connectivity index (χ3n) is 2.44. The number of carbonyl (C=O) groups excluding carboxylic acids is 1. The molecular formula is C8H16N2O. The predicted molar refractivity (Wildman–Crippen MR) is 44.3 cm³/mol. The zero-order chi connectivity index (χ0) is 8.43. The summed E-state index contributed by atoms with van der Waals surface area (Å²) in [5.41, 5.74) is 5.52. The fraction of sp³-hybridized carbons (Fsp3) is 0.875. The molecule has 0 amide bonds. The molecule has 11 heavy (non-hydrogen) atoms. The first-order chi connectivity index (χ1) is 5.15. The van der Waals surface area contributed by atoms with Gasteiger partial charge in [0.25, 0.3) is 0 Å². The fourth-order valence-electron chi connectivity index (χ4n) is 1.75. The molecule has 1 aliphatic rings. The SMILES string of the molecule is CC(=O)[C@@H]1C[C@@H](CN)CN1C. The molecule has 0 unspecified atom stereocenters. The third kappa shape index (κ3) is 1.79.